The molecule has 0 atom stereocenters. The maximum absolute atomic E-state index is 13.8. The van der Waals surface area contributed by atoms with E-state index in [1.165, 1.54) is 10.7 Å². The van der Waals surface area contributed by atoms with E-state index >= 15 is 0 Å². The summed E-state index contributed by atoms with van der Waals surface area (Å²) in [5, 5.41) is 5.29. The van der Waals surface area contributed by atoms with E-state index in [-0.39, 0.29) is 11.4 Å². The maximum atomic E-state index is 13.8. The molecule has 7 heteroatoms. The molecule has 1 aliphatic rings. The molecule has 1 fully saturated rings. The summed E-state index contributed by atoms with van der Waals surface area (Å²) in [4.78, 5) is 17.8. The molecule has 5 nitrogen and oxygen atoms in total. The fourth-order valence-electron chi connectivity index (χ4n) is 3.89. The van der Waals surface area contributed by atoms with Crippen molar-refractivity contribution in [2.24, 2.45) is 0 Å². The molecule has 3 aromatic rings. The Labute approximate surface area is 198 Å². The van der Waals surface area contributed by atoms with Gasteiger partial charge in [-0.2, -0.15) is 5.10 Å². The van der Waals surface area contributed by atoms with Gasteiger partial charge in [-0.05, 0) is 61.5 Å². The van der Waals surface area contributed by atoms with Crippen LogP contribution in [0.1, 0.15) is 16.7 Å². The number of aryl methyl sites for hydroxylation is 1. The minimum atomic E-state index is -0.254. The van der Waals surface area contributed by atoms with Crippen molar-refractivity contribution < 1.29 is 4.39 Å². The molecule has 1 aliphatic heterocycles. The smallest absolute Gasteiger partial charge is 0.271 e. The number of nitrogens with zero attached hydrogens (tertiary/aromatic N) is 4. The lowest BCUT2D eigenvalue weighted by Gasteiger charge is -2.32. The van der Waals surface area contributed by atoms with Crippen molar-refractivity contribution in [3.05, 3.63) is 92.5 Å². The Hall–Kier alpha value is -2.80. The molecule has 172 valence electrons. The normalized spacial score (nSPS) is 15.4. The Morgan fingerprint density at radius 1 is 1.06 bits per heavy atom. The lowest BCUT2D eigenvalue weighted by atomic mass is 10.1. The average Bonchev–Trinajstić information content (AvgIpc) is 2.80. The number of rotatable bonds is 6. The summed E-state index contributed by atoms with van der Waals surface area (Å²) in [6.45, 7) is 6.43. The first-order valence-corrected chi connectivity index (χ1v) is 11.5. The van der Waals surface area contributed by atoms with Gasteiger partial charge >= 0.3 is 0 Å². The van der Waals surface area contributed by atoms with E-state index in [9.17, 15) is 9.18 Å². The van der Waals surface area contributed by atoms with Crippen LogP contribution in [0.5, 0.6) is 0 Å². The molecule has 4 rings (SSSR count). The molecule has 33 heavy (non-hydrogen) atoms. The fourth-order valence-corrected chi connectivity index (χ4v) is 4.01. The standard InChI is InChI=1S/C26H28ClFN4O/c1-19-16-21(7-10-24(19)28)25-17-22(18-31-14-12-30(2)13-15-31)26(33)32(29-25)11-3-4-20-5-8-23(27)9-6-20/h3-10,16-17H,11-15,18H2,1-2H3/b4-3+. The van der Waals surface area contributed by atoms with Gasteiger partial charge in [-0.25, -0.2) is 9.07 Å². The highest BCUT2D eigenvalue weighted by Gasteiger charge is 2.17. The van der Waals surface area contributed by atoms with Crippen LogP contribution in [0.15, 0.2) is 59.4 Å². The third kappa shape index (κ3) is 5.96. The third-order valence-corrected chi connectivity index (χ3v) is 6.20. The Morgan fingerprint density at radius 3 is 2.48 bits per heavy atom. The second-order valence-corrected chi connectivity index (χ2v) is 8.98. The third-order valence-electron chi connectivity index (χ3n) is 5.95. The number of likely N-dealkylation sites (N-methyl/N-ethyl adjacent to an activating group) is 1. The van der Waals surface area contributed by atoms with Crippen LogP contribution >= 0.6 is 11.6 Å². The second-order valence-electron chi connectivity index (χ2n) is 8.54. The van der Waals surface area contributed by atoms with E-state index in [0.29, 0.717) is 34.9 Å². The van der Waals surface area contributed by atoms with Crippen LogP contribution < -0.4 is 5.56 Å². The predicted molar refractivity (Wildman–Crippen MR) is 132 cm³/mol. The molecular weight excluding hydrogens is 439 g/mol. The summed E-state index contributed by atoms with van der Waals surface area (Å²) < 4.78 is 15.3. The number of benzene rings is 2. The van der Waals surface area contributed by atoms with Crippen molar-refractivity contribution in [2.75, 3.05) is 33.2 Å². The molecule has 0 amide bonds. The van der Waals surface area contributed by atoms with Gasteiger partial charge in [-0.1, -0.05) is 35.9 Å². The molecule has 0 aliphatic carbocycles. The highest BCUT2D eigenvalue weighted by Crippen LogP contribution is 2.21. The number of allylic oxidation sites excluding steroid dienone is 1. The highest BCUT2D eigenvalue weighted by molar-refractivity contribution is 6.30. The van der Waals surface area contributed by atoms with Crippen LogP contribution in [0.25, 0.3) is 17.3 Å². The fraction of sp³-hybridized carbons (Fsp3) is 0.308. The van der Waals surface area contributed by atoms with Crippen molar-refractivity contribution >= 4 is 17.7 Å². The van der Waals surface area contributed by atoms with Crippen molar-refractivity contribution in [1.82, 2.24) is 19.6 Å². The van der Waals surface area contributed by atoms with Crippen LogP contribution in [0, 0.1) is 12.7 Å². The minimum absolute atomic E-state index is 0.0998. The zero-order chi connectivity index (χ0) is 23.4. The van der Waals surface area contributed by atoms with Gasteiger partial charge in [0.25, 0.3) is 5.56 Å². The van der Waals surface area contributed by atoms with Gasteiger partial charge in [0.2, 0.25) is 0 Å². The zero-order valence-electron chi connectivity index (χ0n) is 19.0. The summed E-state index contributed by atoms with van der Waals surface area (Å²) in [5.74, 6) is -0.254. The first-order chi connectivity index (χ1) is 15.9. The molecule has 2 aromatic carbocycles. The van der Waals surface area contributed by atoms with Gasteiger partial charge in [-0.15, -0.1) is 0 Å². The highest BCUT2D eigenvalue weighted by atomic mass is 35.5. The van der Waals surface area contributed by atoms with E-state index in [1.807, 2.05) is 42.5 Å². The number of halogens is 2. The molecule has 2 heterocycles. The van der Waals surface area contributed by atoms with Crippen molar-refractivity contribution in [3.8, 4) is 11.3 Å². The summed E-state index contributed by atoms with van der Waals surface area (Å²) >= 11 is 5.95. The average molecular weight is 467 g/mol. The summed E-state index contributed by atoms with van der Waals surface area (Å²) in [7, 11) is 2.11. The minimum Gasteiger partial charge on any atom is -0.304 e. The molecule has 0 saturated carbocycles. The second kappa shape index (κ2) is 10.4. The monoisotopic (exact) mass is 466 g/mol. The summed E-state index contributed by atoms with van der Waals surface area (Å²) in [5.41, 5.74) is 3.61. The van der Waals surface area contributed by atoms with E-state index in [2.05, 4.69) is 21.9 Å². The van der Waals surface area contributed by atoms with Gasteiger partial charge in [0, 0.05) is 48.9 Å². The quantitative estimate of drug-likeness (QED) is 0.537. The molecule has 1 saturated heterocycles. The first kappa shape index (κ1) is 23.4. The van der Waals surface area contributed by atoms with Crippen LogP contribution in [0.4, 0.5) is 4.39 Å². The van der Waals surface area contributed by atoms with E-state index in [1.54, 1.807) is 19.1 Å². The van der Waals surface area contributed by atoms with Gasteiger partial charge in [0.05, 0.1) is 12.2 Å². The molecule has 0 bridgehead atoms. The Bertz CT molecular complexity index is 1200. The molecule has 1 aromatic heterocycles. The van der Waals surface area contributed by atoms with Crippen LogP contribution in [0.2, 0.25) is 5.02 Å². The lowest BCUT2D eigenvalue weighted by molar-refractivity contribution is 0.147. The summed E-state index contributed by atoms with van der Waals surface area (Å²) in [6.07, 6.45) is 3.86. The first-order valence-electron chi connectivity index (χ1n) is 11.1. The predicted octanol–water partition coefficient (Wildman–Crippen LogP) is 4.47. The van der Waals surface area contributed by atoms with Gasteiger partial charge in [0.15, 0.2) is 0 Å². The molecule has 0 spiro atoms. The summed E-state index contributed by atoms with van der Waals surface area (Å²) in [6, 6.07) is 14.3. The SMILES string of the molecule is Cc1cc(-c2cc(CN3CCN(C)CC3)c(=O)n(C/C=C/c3ccc(Cl)cc3)n2)ccc1F. The van der Waals surface area contributed by atoms with Crippen molar-refractivity contribution in [2.45, 2.75) is 20.0 Å². The number of aromatic nitrogens is 2. The van der Waals surface area contributed by atoms with Gasteiger partial charge in [0.1, 0.15) is 5.82 Å². The molecular formula is C26H28ClFN4O. The molecule has 0 radical (unpaired) electrons. The van der Waals surface area contributed by atoms with Gasteiger partial charge in [-0.3, -0.25) is 9.69 Å². The van der Waals surface area contributed by atoms with Crippen molar-refractivity contribution in [3.63, 3.8) is 0 Å². The van der Waals surface area contributed by atoms with E-state index in [0.717, 1.165) is 37.3 Å². The number of hydrogen-bond acceptors (Lipinski definition) is 4. The zero-order valence-corrected chi connectivity index (χ0v) is 19.7. The van der Waals surface area contributed by atoms with Crippen LogP contribution in [-0.2, 0) is 13.1 Å². The largest absolute Gasteiger partial charge is 0.304 e. The van der Waals surface area contributed by atoms with Gasteiger partial charge < -0.3 is 4.90 Å². The molecule has 0 unspecified atom stereocenters. The van der Waals surface area contributed by atoms with Crippen LogP contribution in [-0.4, -0.2) is 52.8 Å². The molecule has 0 N–H and O–H groups in total. The van der Waals surface area contributed by atoms with Crippen molar-refractivity contribution in [1.29, 1.82) is 0 Å². The Balaban J connectivity index is 1.65. The Kier molecular flexibility index (Phi) is 7.38. The van der Waals surface area contributed by atoms with E-state index < -0.39 is 0 Å². The van der Waals surface area contributed by atoms with Crippen LogP contribution in [0.3, 0.4) is 0 Å². The number of hydrogen-bond donors (Lipinski definition) is 0. The maximum Gasteiger partial charge on any atom is 0.271 e. The Morgan fingerprint density at radius 2 is 1.79 bits per heavy atom. The number of piperazine rings is 1. The topological polar surface area (TPSA) is 41.4 Å². The lowest BCUT2D eigenvalue weighted by Crippen LogP contribution is -2.44. The van der Waals surface area contributed by atoms with E-state index in [4.69, 9.17) is 11.6 Å².